The highest BCUT2D eigenvalue weighted by Crippen LogP contribution is 2.11. The normalized spacial score (nSPS) is 12.1. The Balaban J connectivity index is 2.76. The summed E-state index contributed by atoms with van der Waals surface area (Å²) in [6, 6.07) is 3.23. The average Bonchev–Trinajstić information content (AvgIpc) is 2.55. The molecule has 0 bridgehead atoms. The standard InChI is InChI=1S/C8H7F2NOS/c9-8(10)5(11)4-6(12)7-2-1-3-13-7/h1-4,8H,11H2. The second-order valence-electron chi connectivity index (χ2n) is 2.29. The van der Waals surface area contributed by atoms with Crippen LogP contribution in [0.2, 0.25) is 0 Å². The summed E-state index contributed by atoms with van der Waals surface area (Å²) in [5, 5.41) is 1.69. The molecule has 2 nitrogen and oxygen atoms in total. The van der Waals surface area contributed by atoms with Gasteiger partial charge >= 0.3 is 0 Å². The van der Waals surface area contributed by atoms with E-state index in [1.54, 1.807) is 17.5 Å². The maximum absolute atomic E-state index is 11.9. The van der Waals surface area contributed by atoms with Gasteiger partial charge in [-0.15, -0.1) is 11.3 Å². The highest BCUT2D eigenvalue weighted by Gasteiger charge is 2.10. The van der Waals surface area contributed by atoms with Gasteiger partial charge in [0.15, 0.2) is 5.78 Å². The third-order valence-corrected chi connectivity index (χ3v) is 2.20. The van der Waals surface area contributed by atoms with Gasteiger partial charge in [-0.2, -0.15) is 0 Å². The minimum Gasteiger partial charge on any atom is -0.397 e. The lowest BCUT2D eigenvalue weighted by Gasteiger charge is -1.96. The van der Waals surface area contributed by atoms with Crippen molar-refractivity contribution in [2.45, 2.75) is 6.43 Å². The van der Waals surface area contributed by atoms with E-state index in [4.69, 9.17) is 5.73 Å². The minimum atomic E-state index is -2.77. The first-order chi connectivity index (χ1) is 6.11. The van der Waals surface area contributed by atoms with Gasteiger partial charge < -0.3 is 5.73 Å². The summed E-state index contributed by atoms with van der Waals surface area (Å²) in [4.78, 5) is 11.5. The molecule has 0 aliphatic carbocycles. The van der Waals surface area contributed by atoms with Gasteiger partial charge in [-0.05, 0) is 11.4 Å². The number of ketones is 1. The van der Waals surface area contributed by atoms with Crippen LogP contribution < -0.4 is 5.73 Å². The molecule has 1 rings (SSSR count). The Bertz CT molecular complexity index is 319. The fourth-order valence-electron chi connectivity index (χ4n) is 0.704. The maximum atomic E-state index is 11.9. The van der Waals surface area contributed by atoms with E-state index < -0.39 is 17.9 Å². The first-order valence-corrected chi connectivity index (χ1v) is 4.32. The van der Waals surface area contributed by atoms with Crippen LogP contribution in [-0.4, -0.2) is 12.2 Å². The molecule has 70 valence electrons. The lowest BCUT2D eigenvalue weighted by Crippen LogP contribution is -2.09. The number of thiophene rings is 1. The van der Waals surface area contributed by atoms with Crippen molar-refractivity contribution in [3.8, 4) is 0 Å². The van der Waals surface area contributed by atoms with Crippen LogP contribution in [0.25, 0.3) is 0 Å². The fraction of sp³-hybridized carbons (Fsp3) is 0.125. The van der Waals surface area contributed by atoms with Crippen LogP contribution in [0.15, 0.2) is 29.3 Å². The molecule has 0 aliphatic heterocycles. The fourth-order valence-corrected chi connectivity index (χ4v) is 1.34. The third kappa shape index (κ3) is 2.62. The number of rotatable bonds is 3. The van der Waals surface area contributed by atoms with Gasteiger partial charge in [0, 0.05) is 6.08 Å². The van der Waals surface area contributed by atoms with E-state index in [0.717, 1.165) is 6.08 Å². The molecular weight excluding hydrogens is 196 g/mol. The predicted octanol–water partition coefficient (Wildman–Crippen LogP) is 2.04. The van der Waals surface area contributed by atoms with Crippen LogP contribution in [0.5, 0.6) is 0 Å². The Labute approximate surface area is 77.7 Å². The van der Waals surface area contributed by atoms with Crippen LogP contribution in [0.3, 0.4) is 0 Å². The summed E-state index contributed by atoms with van der Waals surface area (Å²) < 4.78 is 23.8. The van der Waals surface area contributed by atoms with E-state index in [1.807, 2.05) is 0 Å². The topological polar surface area (TPSA) is 43.1 Å². The molecule has 1 heterocycles. The molecule has 0 radical (unpaired) electrons. The molecule has 0 amide bonds. The number of carbonyl (C=O) groups excluding carboxylic acids is 1. The molecule has 0 fully saturated rings. The minimum absolute atomic E-state index is 0.406. The molecule has 0 saturated carbocycles. The van der Waals surface area contributed by atoms with Gasteiger partial charge in [-0.25, -0.2) is 8.78 Å². The Morgan fingerprint density at radius 3 is 2.77 bits per heavy atom. The molecular formula is C8H7F2NOS. The molecule has 0 aromatic carbocycles. The number of nitrogens with two attached hydrogens (primary N) is 1. The van der Waals surface area contributed by atoms with Crippen molar-refractivity contribution < 1.29 is 13.6 Å². The van der Waals surface area contributed by atoms with Crippen LogP contribution in [0, 0.1) is 0 Å². The lowest BCUT2D eigenvalue weighted by atomic mass is 10.3. The molecule has 2 N–H and O–H groups in total. The van der Waals surface area contributed by atoms with Crippen molar-refractivity contribution in [2.75, 3.05) is 0 Å². The van der Waals surface area contributed by atoms with Gasteiger partial charge in [-0.3, -0.25) is 4.79 Å². The number of hydrogen-bond donors (Lipinski definition) is 1. The smallest absolute Gasteiger partial charge is 0.277 e. The maximum Gasteiger partial charge on any atom is 0.277 e. The van der Waals surface area contributed by atoms with Crippen LogP contribution >= 0.6 is 11.3 Å². The number of carbonyl (C=O) groups is 1. The lowest BCUT2D eigenvalue weighted by molar-refractivity contribution is 0.104. The highest BCUT2D eigenvalue weighted by molar-refractivity contribution is 7.12. The SMILES string of the molecule is NC(=CC(=O)c1cccs1)C(F)F. The van der Waals surface area contributed by atoms with Gasteiger partial charge in [0.2, 0.25) is 0 Å². The Kier molecular flexibility index (Phi) is 3.13. The van der Waals surface area contributed by atoms with Gasteiger partial charge in [0.05, 0.1) is 10.6 Å². The second kappa shape index (κ2) is 4.13. The van der Waals surface area contributed by atoms with E-state index in [0.29, 0.717) is 4.88 Å². The van der Waals surface area contributed by atoms with Crippen LogP contribution in [-0.2, 0) is 0 Å². The van der Waals surface area contributed by atoms with Gasteiger partial charge in [-0.1, -0.05) is 6.07 Å². The molecule has 0 unspecified atom stereocenters. The van der Waals surface area contributed by atoms with Crippen LogP contribution in [0.4, 0.5) is 8.78 Å². The Morgan fingerprint density at radius 1 is 1.62 bits per heavy atom. The highest BCUT2D eigenvalue weighted by atomic mass is 32.1. The van der Waals surface area contributed by atoms with Crippen LogP contribution in [0.1, 0.15) is 9.67 Å². The summed E-state index contributed by atoms with van der Waals surface area (Å²) in [6.45, 7) is 0. The van der Waals surface area contributed by atoms with E-state index in [-0.39, 0.29) is 0 Å². The average molecular weight is 203 g/mol. The largest absolute Gasteiger partial charge is 0.397 e. The molecule has 0 spiro atoms. The molecule has 5 heteroatoms. The van der Waals surface area contributed by atoms with Crippen molar-refractivity contribution in [1.29, 1.82) is 0 Å². The molecule has 0 aliphatic rings. The Morgan fingerprint density at radius 2 is 2.31 bits per heavy atom. The van der Waals surface area contributed by atoms with E-state index >= 15 is 0 Å². The molecule has 0 atom stereocenters. The van der Waals surface area contributed by atoms with Crippen molar-refractivity contribution in [1.82, 2.24) is 0 Å². The number of hydrogen-bond acceptors (Lipinski definition) is 3. The van der Waals surface area contributed by atoms with Crippen molar-refractivity contribution in [2.24, 2.45) is 5.73 Å². The molecule has 1 aromatic heterocycles. The Hall–Kier alpha value is -1.23. The molecule has 13 heavy (non-hydrogen) atoms. The van der Waals surface area contributed by atoms with Crippen molar-refractivity contribution in [3.63, 3.8) is 0 Å². The monoisotopic (exact) mass is 203 g/mol. The third-order valence-electron chi connectivity index (χ3n) is 1.31. The summed E-state index contributed by atoms with van der Waals surface area (Å²) in [6.07, 6.45) is -2.01. The summed E-state index contributed by atoms with van der Waals surface area (Å²) in [5.74, 6) is -0.479. The quantitative estimate of drug-likeness (QED) is 0.603. The zero-order chi connectivity index (χ0) is 9.84. The molecule has 1 aromatic rings. The number of alkyl halides is 2. The predicted molar refractivity (Wildman–Crippen MR) is 46.9 cm³/mol. The second-order valence-corrected chi connectivity index (χ2v) is 3.23. The zero-order valence-electron chi connectivity index (χ0n) is 6.54. The van der Waals surface area contributed by atoms with E-state index in [2.05, 4.69) is 0 Å². The molecule has 0 saturated heterocycles. The van der Waals surface area contributed by atoms with Gasteiger partial charge in [0.25, 0.3) is 6.43 Å². The zero-order valence-corrected chi connectivity index (χ0v) is 7.35. The first kappa shape index (κ1) is 9.85. The number of allylic oxidation sites excluding steroid dienone is 2. The number of halogens is 2. The first-order valence-electron chi connectivity index (χ1n) is 3.44. The van der Waals surface area contributed by atoms with Crippen molar-refractivity contribution >= 4 is 17.1 Å². The van der Waals surface area contributed by atoms with E-state index in [9.17, 15) is 13.6 Å². The summed E-state index contributed by atoms with van der Waals surface area (Å²) >= 11 is 1.19. The summed E-state index contributed by atoms with van der Waals surface area (Å²) in [7, 11) is 0. The van der Waals surface area contributed by atoms with Crippen molar-refractivity contribution in [3.05, 3.63) is 34.2 Å². The summed E-state index contributed by atoms with van der Waals surface area (Å²) in [5.41, 5.74) is 4.22. The van der Waals surface area contributed by atoms with E-state index in [1.165, 1.54) is 11.3 Å². The van der Waals surface area contributed by atoms with Gasteiger partial charge in [0.1, 0.15) is 0 Å².